The first-order valence-corrected chi connectivity index (χ1v) is 8.78. The number of hydrogen-bond acceptors (Lipinski definition) is 5. The summed E-state index contributed by atoms with van der Waals surface area (Å²) in [4.78, 5) is 28.2. The molecule has 1 aliphatic rings. The van der Waals surface area contributed by atoms with Gasteiger partial charge in [-0.25, -0.2) is 4.79 Å². The summed E-state index contributed by atoms with van der Waals surface area (Å²) >= 11 is 1.47. The van der Waals surface area contributed by atoms with E-state index < -0.39 is 0 Å². The number of nitrogens with one attached hydrogen (secondary N) is 1. The molecule has 0 saturated carbocycles. The Kier molecular flexibility index (Phi) is 4.97. The van der Waals surface area contributed by atoms with E-state index in [-0.39, 0.29) is 11.9 Å². The highest BCUT2D eigenvalue weighted by molar-refractivity contribution is 7.17. The Labute approximate surface area is 145 Å². The number of amides is 1. The van der Waals surface area contributed by atoms with E-state index in [1.165, 1.54) is 11.3 Å². The lowest BCUT2D eigenvalue weighted by Gasteiger charge is -2.22. The number of rotatable bonds is 4. The topological polar surface area (TPSA) is 58.6 Å². The van der Waals surface area contributed by atoms with Crippen molar-refractivity contribution in [2.24, 2.45) is 0 Å². The fourth-order valence-corrected chi connectivity index (χ4v) is 4.11. The summed E-state index contributed by atoms with van der Waals surface area (Å²) in [7, 11) is 2.05. The predicted octanol–water partition coefficient (Wildman–Crippen LogP) is 3.17. The standard InChI is InChI=1S/C18H20N2O3S/c1-3-23-18(22)15-13-9-10-20(2)11-14(13)24-17(15)19-16(21)12-7-5-4-6-8-12/h4-8H,3,9-11H2,1-2H3,(H,19,21). The van der Waals surface area contributed by atoms with Crippen LogP contribution in [0.4, 0.5) is 5.00 Å². The number of anilines is 1. The minimum Gasteiger partial charge on any atom is -0.462 e. The molecule has 24 heavy (non-hydrogen) atoms. The first kappa shape index (κ1) is 16.7. The fourth-order valence-electron chi connectivity index (χ4n) is 2.80. The molecule has 1 aromatic heterocycles. The van der Waals surface area contributed by atoms with Gasteiger partial charge >= 0.3 is 5.97 Å². The fraction of sp³-hybridized carbons (Fsp3) is 0.333. The number of likely N-dealkylation sites (N-methyl/N-ethyl adjacent to an activating group) is 1. The van der Waals surface area contributed by atoms with Gasteiger partial charge in [-0.3, -0.25) is 4.79 Å². The molecule has 0 atom stereocenters. The van der Waals surface area contributed by atoms with E-state index in [1.54, 1.807) is 19.1 Å². The number of esters is 1. The van der Waals surface area contributed by atoms with E-state index in [9.17, 15) is 9.59 Å². The average Bonchev–Trinajstić information content (AvgIpc) is 2.92. The monoisotopic (exact) mass is 344 g/mol. The minimum absolute atomic E-state index is 0.215. The molecule has 0 fully saturated rings. The molecule has 1 aliphatic heterocycles. The second-order valence-corrected chi connectivity index (χ2v) is 6.84. The summed E-state index contributed by atoms with van der Waals surface area (Å²) in [6.45, 7) is 3.78. The van der Waals surface area contributed by atoms with Gasteiger partial charge < -0.3 is 15.0 Å². The van der Waals surface area contributed by atoms with E-state index in [0.717, 1.165) is 30.0 Å². The van der Waals surface area contributed by atoms with Crippen molar-refractivity contribution in [2.75, 3.05) is 25.5 Å². The second-order valence-electron chi connectivity index (χ2n) is 5.74. The van der Waals surface area contributed by atoms with Gasteiger partial charge in [0.1, 0.15) is 5.00 Å². The van der Waals surface area contributed by atoms with E-state index >= 15 is 0 Å². The lowest BCUT2D eigenvalue weighted by atomic mass is 10.0. The quantitative estimate of drug-likeness (QED) is 0.866. The summed E-state index contributed by atoms with van der Waals surface area (Å²) in [6.07, 6.45) is 0.789. The maximum atomic E-state index is 12.5. The molecule has 2 aromatic rings. The SMILES string of the molecule is CCOC(=O)c1c(NC(=O)c2ccccc2)sc2c1CCN(C)C2. The number of benzene rings is 1. The lowest BCUT2D eigenvalue weighted by molar-refractivity contribution is 0.0526. The molecule has 2 heterocycles. The number of carbonyl (C=O) groups is 2. The van der Waals surface area contributed by atoms with Gasteiger partial charge in [0.15, 0.2) is 0 Å². The third-order valence-electron chi connectivity index (χ3n) is 3.99. The molecule has 126 valence electrons. The van der Waals surface area contributed by atoms with Gasteiger partial charge in [-0.15, -0.1) is 11.3 Å². The van der Waals surface area contributed by atoms with Crippen LogP contribution >= 0.6 is 11.3 Å². The summed E-state index contributed by atoms with van der Waals surface area (Å²) in [5, 5.41) is 3.48. The van der Waals surface area contributed by atoms with E-state index in [0.29, 0.717) is 22.7 Å². The first-order valence-electron chi connectivity index (χ1n) is 7.96. The zero-order chi connectivity index (χ0) is 17.1. The number of hydrogen-bond donors (Lipinski definition) is 1. The number of nitrogens with zero attached hydrogens (tertiary/aromatic N) is 1. The molecule has 0 spiro atoms. The molecule has 6 heteroatoms. The largest absolute Gasteiger partial charge is 0.462 e. The van der Waals surface area contributed by atoms with E-state index in [1.807, 2.05) is 18.2 Å². The van der Waals surface area contributed by atoms with Crippen molar-refractivity contribution in [3.63, 3.8) is 0 Å². The van der Waals surface area contributed by atoms with Crippen LogP contribution in [0.25, 0.3) is 0 Å². The Hall–Kier alpha value is -2.18. The van der Waals surface area contributed by atoms with Crippen LogP contribution in [0.15, 0.2) is 30.3 Å². The molecule has 0 saturated heterocycles. The van der Waals surface area contributed by atoms with Gasteiger partial charge in [0.25, 0.3) is 5.91 Å². The Morgan fingerprint density at radius 3 is 2.75 bits per heavy atom. The predicted molar refractivity (Wildman–Crippen MR) is 94.7 cm³/mol. The maximum Gasteiger partial charge on any atom is 0.341 e. The van der Waals surface area contributed by atoms with Gasteiger partial charge in [0.2, 0.25) is 0 Å². The Bertz CT molecular complexity index is 755. The molecule has 0 bridgehead atoms. The van der Waals surface area contributed by atoms with Crippen LogP contribution in [0.2, 0.25) is 0 Å². The van der Waals surface area contributed by atoms with Crippen LogP contribution in [0.5, 0.6) is 0 Å². The molecule has 5 nitrogen and oxygen atoms in total. The van der Waals surface area contributed by atoms with Crippen LogP contribution in [0, 0.1) is 0 Å². The maximum absolute atomic E-state index is 12.5. The smallest absolute Gasteiger partial charge is 0.341 e. The van der Waals surface area contributed by atoms with Gasteiger partial charge in [0.05, 0.1) is 12.2 Å². The summed E-state index contributed by atoms with van der Waals surface area (Å²) in [6, 6.07) is 8.99. The highest BCUT2D eigenvalue weighted by Crippen LogP contribution is 2.37. The summed E-state index contributed by atoms with van der Waals surface area (Å²) in [5.74, 6) is -0.573. The zero-order valence-corrected chi connectivity index (χ0v) is 14.6. The van der Waals surface area contributed by atoms with Crippen LogP contribution in [0.3, 0.4) is 0 Å². The number of carbonyl (C=O) groups excluding carboxylic acids is 2. The van der Waals surface area contributed by atoms with Crippen molar-refractivity contribution in [3.8, 4) is 0 Å². The Morgan fingerprint density at radius 1 is 1.29 bits per heavy atom. The Balaban J connectivity index is 1.94. The third-order valence-corrected chi connectivity index (χ3v) is 5.12. The molecule has 3 rings (SSSR count). The summed E-state index contributed by atoms with van der Waals surface area (Å²) in [5.41, 5.74) is 2.10. The van der Waals surface area contributed by atoms with Crippen molar-refractivity contribution >= 4 is 28.2 Å². The van der Waals surface area contributed by atoms with Crippen molar-refractivity contribution in [3.05, 3.63) is 51.9 Å². The third kappa shape index (κ3) is 3.34. The van der Waals surface area contributed by atoms with Gasteiger partial charge in [0, 0.05) is 23.5 Å². The molecule has 0 radical (unpaired) electrons. The molecule has 1 N–H and O–H groups in total. The summed E-state index contributed by atoms with van der Waals surface area (Å²) < 4.78 is 5.21. The molecular formula is C18H20N2O3S. The molecular weight excluding hydrogens is 324 g/mol. The average molecular weight is 344 g/mol. The molecule has 0 unspecified atom stereocenters. The second kappa shape index (κ2) is 7.15. The van der Waals surface area contributed by atoms with Crippen molar-refractivity contribution < 1.29 is 14.3 Å². The highest BCUT2D eigenvalue weighted by atomic mass is 32.1. The van der Waals surface area contributed by atoms with Crippen molar-refractivity contribution in [1.82, 2.24) is 4.90 Å². The normalized spacial score (nSPS) is 14.1. The zero-order valence-electron chi connectivity index (χ0n) is 13.8. The van der Waals surface area contributed by atoms with Crippen LogP contribution < -0.4 is 5.32 Å². The van der Waals surface area contributed by atoms with Gasteiger partial charge in [-0.2, -0.15) is 0 Å². The van der Waals surface area contributed by atoms with E-state index in [2.05, 4.69) is 17.3 Å². The molecule has 1 aromatic carbocycles. The minimum atomic E-state index is -0.358. The molecule has 0 aliphatic carbocycles. The lowest BCUT2D eigenvalue weighted by Crippen LogP contribution is -2.26. The Morgan fingerprint density at radius 2 is 2.04 bits per heavy atom. The number of thiophene rings is 1. The highest BCUT2D eigenvalue weighted by Gasteiger charge is 2.28. The number of fused-ring (bicyclic) bond motifs is 1. The van der Waals surface area contributed by atoms with Crippen molar-refractivity contribution in [1.29, 1.82) is 0 Å². The van der Waals surface area contributed by atoms with Gasteiger partial charge in [-0.05, 0) is 38.1 Å². The number of ether oxygens (including phenoxy) is 1. The van der Waals surface area contributed by atoms with Crippen molar-refractivity contribution in [2.45, 2.75) is 19.9 Å². The van der Waals surface area contributed by atoms with Gasteiger partial charge in [-0.1, -0.05) is 18.2 Å². The van der Waals surface area contributed by atoms with Crippen LogP contribution in [0.1, 0.15) is 38.1 Å². The van der Waals surface area contributed by atoms with E-state index in [4.69, 9.17) is 4.74 Å². The van der Waals surface area contributed by atoms with Crippen LogP contribution in [-0.2, 0) is 17.7 Å². The first-order chi connectivity index (χ1) is 11.6. The molecule has 1 amide bonds. The van der Waals surface area contributed by atoms with Crippen LogP contribution in [-0.4, -0.2) is 37.0 Å².